The van der Waals surface area contributed by atoms with Gasteiger partial charge < -0.3 is 5.11 Å². The third-order valence-corrected chi connectivity index (χ3v) is 9.39. The number of aliphatic hydroxyl groups is 1. The van der Waals surface area contributed by atoms with Crippen LogP contribution < -0.4 is 4.90 Å². The molecule has 3 heterocycles. The van der Waals surface area contributed by atoms with Gasteiger partial charge >= 0.3 is 0 Å². The maximum Gasteiger partial charge on any atom is 0.260 e. The summed E-state index contributed by atoms with van der Waals surface area (Å²) in [6.45, 7) is 1.98. The van der Waals surface area contributed by atoms with E-state index in [0.717, 1.165) is 10.0 Å². The summed E-state index contributed by atoms with van der Waals surface area (Å²) in [7, 11) is -4.06. The van der Waals surface area contributed by atoms with Crippen molar-refractivity contribution in [1.82, 2.24) is 13.9 Å². The fraction of sp³-hybridized carbons (Fsp3) is 0.333. The third-order valence-electron chi connectivity index (χ3n) is 6.60. The molecule has 1 N–H and O–H groups in total. The van der Waals surface area contributed by atoms with E-state index in [2.05, 4.69) is 20.9 Å². The number of hydrogen-bond acceptors (Lipinski definition) is 5. The number of halogens is 3. The summed E-state index contributed by atoms with van der Waals surface area (Å²) in [5.41, 5.74) is -0.0803. The van der Waals surface area contributed by atoms with Gasteiger partial charge in [0.1, 0.15) is 5.54 Å². The van der Waals surface area contributed by atoms with Crippen LogP contribution in [0.4, 0.5) is 11.6 Å². The second-order valence-corrected chi connectivity index (χ2v) is 12.9. The van der Waals surface area contributed by atoms with Gasteiger partial charge in [0.05, 0.1) is 18.0 Å². The monoisotopic (exact) mass is 612 g/mol. The molecule has 1 aromatic heterocycles. The van der Waals surface area contributed by atoms with Crippen molar-refractivity contribution in [3.63, 3.8) is 0 Å². The van der Waals surface area contributed by atoms with Crippen molar-refractivity contribution in [2.24, 2.45) is 0 Å². The summed E-state index contributed by atoms with van der Waals surface area (Å²) in [4.78, 5) is 19.8. The van der Waals surface area contributed by atoms with E-state index in [1.807, 2.05) is 24.3 Å². The standard InChI is InChI=1S/C24H23BrCl2N4O4S/c1-24(12-15-4-6-16(25)7-5-15)22(33)30(19-10-17(26)9-18(27)11-19)23-28-13-21(31(23)24)36(34,35)29-8-2-3-20(32)14-29/h4-7,9-11,13,20,32H,2-3,8,12,14H2,1H3/t20?,24-/m1/s1. The largest absolute Gasteiger partial charge is 0.392 e. The van der Waals surface area contributed by atoms with Crippen LogP contribution in [0.5, 0.6) is 0 Å². The topological polar surface area (TPSA) is 95.7 Å². The number of benzene rings is 2. The molecule has 0 bridgehead atoms. The van der Waals surface area contributed by atoms with Crippen molar-refractivity contribution in [3.8, 4) is 0 Å². The van der Waals surface area contributed by atoms with Gasteiger partial charge in [-0.15, -0.1) is 0 Å². The van der Waals surface area contributed by atoms with Crippen LogP contribution in [0.15, 0.2) is 58.2 Å². The summed E-state index contributed by atoms with van der Waals surface area (Å²) in [6, 6.07) is 12.2. The number of aromatic nitrogens is 2. The Morgan fingerprint density at radius 1 is 1.17 bits per heavy atom. The molecule has 1 amide bonds. The number of sulfonamides is 1. The minimum Gasteiger partial charge on any atom is -0.392 e. The zero-order chi connectivity index (χ0) is 25.8. The average Bonchev–Trinajstić information content (AvgIpc) is 3.34. The van der Waals surface area contributed by atoms with Crippen molar-refractivity contribution in [1.29, 1.82) is 0 Å². The van der Waals surface area contributed by atoms with Gasteiger partial charge in [0, 0.05) is 34.0 Å². The molecule has 0 aliphatic carbocycles. The zero-order valence-corrected chi connectivity index (χ0v) is 23.1. The molecule has 5 rings (SSSR count). The molecule has 2 aromatic carbocycles. The second-order valence-electron chi connectivity index (χ2n) is 9.24. The molecule has 190 valence electrons. The highest BCUT2D eigenvalue weighted by atomic mass is 79.9. The summed E-state index contributed by atoms with van der Waals surface area (Å²) < 4.78 is 31.2. The van der Waals surface area contributed by atoms with Crippen LogP contribution in [0.3, 0.4) is 0 Å². The van der Waals surface area contributed by atoms with Gasteiger partial charge in [-0.1, -0.05) is 51.3 Å². The van der Waals surface area contributed by atoms with Crippen molar-refractivity contribution >= 4 is 66.7 Å². The van der Waals surface area contributed by atoms with Crippen LogP contribution in [0.1, 0.15) is 25.3 Å². The van der Waals surface area contributed by atoms with Gasteiger partial charge in [0.25, 0.3) is 15.9 Å². The molecule has 12 heteroatoms. The molecule has 3 aromatic rings. The summed E-state index contributed by atoms with van der Waals surface area (Å²) in [5.74, 6) is -0.198. The Morgan fingerprint density at radius 2 is 1.83 bits per heavy atom. The quantitative estimate of drug-likeness (QED) is 0.449. The number of nitrogens with zero attached hydrogens (tertiary/aromatic N) is 4. The molecular weight excluding hydrogens is 591 g/mol. The lowest BCUT2D eigenvalue weighted by molar-refractivity contribution is -0.124. The number of hydrogen-bond donors (Lipinski definition) is 1. The summed E-state index contributed by atoms with van der Waals surface area (Å²) in [5, 5.41) is 10.7. The fourth-order valence-corrected chi connectivity index (χ4v) is 7.37. The maximum atomic E-state index is 14.1. The number of amides is 1. The number of aliphatic hydroxyl groups excluding tert-OH is 1. The third kappa shape index (κ3) is 4.37. The highest BCUT2D eigenvalue weighted by molar-refractivity contribution is 9.10. The minimum absolute atomic E-state index is 0.00612. The van der Waals surface area contributed by atoms with E-state index in [1.54, 1.807) is 25.1 Å². The predicted molar refractivity (Wildman–Crippen MR) is 141 cm³/mol. The first kappa shape index (κ1) is 25.7. The first-order valence-corrected chi connectivity index (χ1v) is 14.3. The van der Waals surface area contributed by atoms with Gasteiger partial charge in [-0.3, -0.25) is 9.36 Å². The van der Waals surface area contributed by atoms with E-state index in [0.29, 0.717) is 28.6 Å². The molecule has 2 aliphatic heterocycles. The van der Waals surface area contributed by atoms with E-state index < -0.39 is 21.7 Å². The van der Waals surface area contributed by atoms with Crippen LogP contribution in [0.2, 0.25) is 10.0 Å². The molecule has 36 heavy (non-hydrogen) atoms. The minimum atomic E-state index is -4.06. The molecule has 2 aliphatic rings. The molecule has 0 radical (unpaired) electrons. The number of carbonyl (C=O) groups excluding carboxylic acids is 1. The summed E-state index contributed by atoms with van der Waals surface area (Å²) >= 11 is 15.9. The van der Waals surface area contributed by atoms with E-state index in [4.69, 9.17) is 23.2 Å². The highest BCUT2D eigenvalue weighted by Crippen LogP contribution is 2.45. The first-order valence-electron chi connectivity index (χ1n) is 11.3. The lowest BCUT2D eigenvalue weighted by Gasteiger charge is -2.31. The van der Waals surface area contributed by atoms with Gasteiger partial charge in [0.2, 0.25) is 5.95 Å². The second kappa shape index (κ2) is 9.41. The Bertz CT molecular complexity index is 1430. The molecular formula is C24H23BrCl2N4O4S. The Balaban J connectivity index is 1.68. The molecule has 2 atom stereocenters. The van der Waals surface area contributed by atoms with E-state index >= 15 is 0 Å². The van der Waals surface area contributed by atoms with Crippen LogP contribution in [-0.4, -0.2) is 52.5 Å². The predicted octanol–water partition coefficient (Wildman–Crippen LogP) is 4.73. The molecule has 1 fully saturated rings. The van der Waals surface area contributed by atoms with Crippen LogP contribution in [-0.2, 0) is 26.8 Å². The Hall–Kier alpha value is -1.95. The number of fused-ring (bicyclic) bond motifs is 1. The molecule has 1 saturated heterocycles. The maximum absolute atomic E-state index is 14.1. The van der Waals surface area contributed by atoms with E-state index in [9.17, 15) is 18.3 Å². The Kier molecular flexibility index (Phi) is 6.72. The van der Waals surface area contributed by atoms with Crippen LogP contribution >= 0.6 is 39.1 Å². The smallest absolute Gasteiger partial charge is 0.260 e. The number of β-amino-alcohol motifs (C(OH)–C–C–N with tert-alkyl or cyclic N) is 1. The normalized spacial score (nSPS) is 22.8. The van der Waals surface area contributed by atoms with Crippen molar-refractivity contribution in [2.75, 3.05) is 18.0 Å². The zero-order valence-electron chi connectivity index (χ0n) is 19.2. The number of anilines is 2. The van der Waals surface area contributed by atoms with Gasteiger partial charge in [-0.25, -0.2) is 18.3 Å². The average molecular weight is 614 g/mol. The Morgan fingerprint density at radius 3 is 2.47 bits per heavy atom. The number of rotatable bonds is 5. The molecule has 0 spiro atoms. The fourth-order valence-electron chi connectivity index (χ4n) is 4.88. The number of imidazole rings is 1. The number of piperidine rings is 1. The highest BCUT2D eigenvalue weighted by Gasteiger charge is 2.52. The lowest BCUT2D eigenvalue weighted by Crippen LogP contribution is -2.45. The van der Waals surface area contributed by atoms with Gasteiger partial charge in [-0.05, 0) is 55.7 Å². The van der Waals surface area contributed by atoms with Crippen molar-refractivity contribution < 1.29 is 18.3 Å². The summed E-state index contributed by atoms with van der Waals surface area (Å²) in [6.07, 6.45) is 1.84. The van der Waals surface area contributed by atoms with Crippen LogP contribution in [0.25, 0.3) is 0 Å². The first-order chi connectivity index (χ1) is 17.0. The SMILES string of the molecule is C[C@@]1(Cc2ccc(Br)cc2)C(=O)N(c2cc(Cl)cc(Cl)c2)c2ncc(S(=O)(=O)N3CCCC(O)C3)n21. The van der Waals surface area contributed by atoms with Gasteiger partial charge in [-0.2, -0.15) is 4.31 Å². The van der Waals surface area contributed by atoms with Crippen molar-refractivity contribution in [3.05, 3.63) is 68.7 Å². The van der Waals surface area contributed by atoms with E-state index in [-0.39, 0.29) is 36.4 Å². The van der Waals surface area contributed by atoms with Crippen LogP contribution in [0, 0.1) is 0 Å². The van der Waals surface area contributed by atoms with Gasteiger partial charge in [0.15, 0.2) is 5.03 Å². The Labute approximate surface area is 227 Å². The molecule has 0 saturated carbocycles. The van der Waals surface area contributed by atoms with E-state index in [1.165, 1.54) is 20.0 Å². The lowest BCUT2D eigenvalue weighted by atomic mass is 9.92. The number of carbonyl (C=O) groups is 1. The van der Waals surface area contributed by atoms with Crippen molar-refractivity contribution in [2.45, 2.75) is 42.9 Å². The molecule has 1 unspecified atom stereocenters. The molecule has 8 nitrogen and oxygen atoms in total.